The number of aromatic nitrogens is 3. The Labute approximate surface area is 136 Å². The third kappa shape index (κ3) is 2.85. The van der Waals surface area contributed by atoms with Crippen LogP contribution in [0.2, 0.25) is 5.02 Å². The molecule has 118 valence electrons. The number of hydrogen-bond donors (Lipinski definition) is 1. The Balaban J connectivity index is 2.21. The van der Waals surface area contributed by atoms with Gasteiger partial charge in [-0.3, -0.25) is 14.7 Å². The fourth-order valence-corrected chi connectivity index (χ4v) is 2.60. The molecule has 0 amide bonds. The Morgan fingerprint density at radius 2 is 2.04 bits per heavy atom. The first-order valence-corrected chi connectivity index (χ1v) is 7.31. The van der Waals surface area contributed by atoms with E-state index in [1.54, 1.807) is 12.1 Å². The second-order valence-corrected chi connectivity index (χ2v) is 5.55. The molecule has 0 saturated carbocycles. The highest BCUT2D eigenvalue weighted by molar-refractivity contribution is 6.30. The van der Waals surface area contributed by atoms with Crippen LogP contribution in [-0.4, -0.2) is 27.7 Å². The van der Waals surface area contributed by atoms with E-state index in [4.69, 9.17) is 11.6 Å². The number of nitrogens with one attached hydrogen (secondary N) is 1. The highest BCUT2D eigenvalue weighted by atomic mass is 35.5. The average Bonchev–Trinajstić information content (AvgIpc) is 2.85. The number of benzene rings is 1. The van der Waals surface area contributed by atoms with Crippen molar-refractivity contribution in [3.05, 3.63) is 57.1 Å². The number of H-pyrrole nitrogens is 1. The maximum absolute atomic E-state index is 12.2. The van der Waals surface area contributed by atoms with Crippen molar-refractivity contribution in [1.82, 2.24) is 14.6 Å². The minimum Gasteiger partial charge on any atom is -0.469 e. The van der Waals surface area contributed by atoms with Gasteiger partial charge in [-0.15, -0.1) is 0 Å². The van der Waals surface area contributed by atoms with Gasteiger partial charge >= 0.3 is 5.97 Å². The molecule has 0 bridgehead atoms. The van der Waals surface area contributed by atoms with Crippen molar-refractivity contribution in [2.24, 2.45) is 0 Å². The van der Waals surface area contributed by atoms with Crippen molar-refractivity contribution < 1.29 is 9.53 Å². The number of fused-ring (bicyclic) bond motifs is 1. The maximum atomic E-state index is 12.2. The van der Waals surface area contributed by atoms with Gasteiger partial charge in [-0.2, -0.15) is 0 Å². The Kier molecular flexibility index (Phi) is 3.92. The minimum atomic E-state index is -0.443. The molecule has 3 rings (SSSR count). The van der Waals surface area contributed by atoms with Crippen LogP contribution < -0.4 is 5.56 Å². The van der Waals surface area contributed by atoms with Crippen molar-refractivity contribution in [3.8, 4) is 11.1 Å². The van der Waals surface area contributed by atoms with Crippen molar-refractivity contribution in [2.45, 2.75) is 13.3 Å². The zero-order chi connectivity index (χ0) is 16.6. The number of aryl methyl sites for hydroxylation is 1. The molecule has 3 aromatic rings. The average molecular weight is 332 g/mol. The second-order valence-electron chi connectivity index (χ2n) is 5.12. The van der Waals surface area contributed by atoms with Gasteiger partial charge in [-0.25, -0.2) is 9.50 Å². The molecule has 23 heavy (non-hydrogen) atoms. The number of halogens is 1. The molecule has 2 heterocycles. The van der Waals surface area contributed by atoms with E-state index in [1.807, 2.05) is 19.1 Å². The number of ether oxygens (including phenoxy) is 1. The summed E-state index contributed by atoms with van der Waals surface area (Å²) in [5.41, 5.74) is 3.04. The van der Waals surface area contributed by atoms with E-state index in [0.717, 1.165) is 16.8 Å². The second kappa shape index (κ2) is 5.89. The lowest BCUT2D eigenvalue weighted by Crippen LogP contribution is -2.17. The van der Waals surface area contributed by atoms with Crippen LogP contribution in [0.4, 0.5) is 0 Å². The van der Waals surface area contributed by atoms with E-state index in [0.29, 0.717) is 16.4 Å². The number of rotatable bonds is 3. The minimum absolute atomic E-state index is 0.0491. The number of methoxy groups -OCH3 is 1. The maximum Gasteiger partial charge on any atom is 0.311 e. The molecule has 0 aliphatic carbocycles. The molecular weight excluding hydrogens is 318 g/mol. The summed E-state index contributed by atoms with van der Waals surface area (Å²) in [5.74, 6) is -0.443. The topological polar surface area (TPSA) is 76.5 Å². The third-order valence-corrected chi connectivity index (χ3v) is 3.79. The van der Waals surface area contributed by atoms with Crippen LogP contribution in [0, 0.1) is 6.92 Å². The monoisotopic (exact) mass is 331 g/mol. The van der Waals surface area contributed by atoms with Crippen LogP contribution in [0.3, 0.4) is 0 Å². The lowest BCUT2D eigenvalue weighted by molar-refractivity contribution is -0.139. The summed E-state index contributed by atoms with van der Waals surface area (Å²) in [4.78, 5) is 28.1. The van der Waals surface area contributed by atoms with E-state index in [-0.39, 0.29) is 12.0 Å². The first kappa shape index (κ1) is 15.3. The lowest BCUT2D eigenvalue weighted by atomic mass is 10.1. The molecule has 2 aromatic heterocycles. The summed E-state index contributed by atoms with van der Waals surface area (Å²) in [6.45, 7) is 1.86. The smallest absolute Gasteiger partial charge is 0.311 e. The Hall–Kier alpha value is -2.60. The predicted molar refractivity (Wildman–Crippen MR) is 86.7 cm³/mol. The fraction of sp³-hybridized carbons (Fsp3) is 0.188. The summed E-state index contributed by atoms with van der Waals surface area (Å²) < 4.78 is 5.99. The molecule has 0 aliphatic heterocycles. The normalized spacial score (nSPS) is 10.9. The van der Waals surface area contributed by atoms with Gasteiger partial charge < -0.3 is 4.74 Å². The van der Waals surface area contributed by atoms with E-state index < -0.39 is 5.97 Å². The summed E-state index contributed by atoms with van der Waals surface area (Å²) in [5, 5.41) is 3.62. The van der Waals surface area contributed by atoms with Gasteiger partial charge in [0.25, 0.3) is 5.56 Å². The van der Waals surface area contributed by atoms with E-state index >= 15 is 0 Å². The Morgan fingerprint density at radius 1 is 1.35 bits per heavy atom. The number of carbonyl (C=O) groups is 1. The van der Waals surface area contributed by atoms with Crippen LogP contribution in [0.5, 0.6) is 0 Å². The third-order valence-electron chi connectivity index (χ3n) is 3.54. The first-order chi connectivity index (χ1) is 11.0. The fourth-order valence-electron chi connectivity index (χ4n) is 2.47. The molecule has 0 unspecified atom stereocenters. The molecule has 0 saturated heterocycles. The molecule has 0 spiro atoms. The number of esters is 1. The molecule has 7 heteroatoms. The quantitative estimate of drug-likeness (QED) is 0.747. The zero-order valence-electron chi connectivity index (χ0n) is 12.6. The van der Waals surface area contributed by atoms with Crippen molar-refractivity contribution >= 4 is 23.2 Å². The Bertz CT molecular complexity index is 942. The van der Waals surface area contributed by atoms with Gasteiger partial charge in [0.2, 0.25) is 0 Å². The summed E-state index contributed by atoms with van der Waals surface area (Å²) in [6, 6.07) is 8.59. The predicted octanol–water partition coefficient (Wildman–Crippen LogP) is 2.37. The highest BCUT2D eigenvalue weighted by Gasteiger charge is 2.16. The van der Waals surface area contributed by atoms with Crippen LogP contribution >= 0.6 is 11.6 Å². The molecule has 0 radical (unpaired) electrons. The highest BCUT2D eigenvalue weighted by Crippen LogP contribution is 2.27. The summed E-state index contributed by atoms with van der Waals surface area (Å²) in [6.07, 6.45) is -0.0491. The molecule has 1 N–H and O–H groups in total. The lowest BCUT2D eigenvalue weighted by Gasteiger charge is -2.03. The van der Waals surface area contributed by atoms with Crippen LogP contribution in [0.15, 0.2) is 35.1 Å². The van der Waals surface area contributed by atoms with E-state index in [9.17, 15) is 9.59 Å². The zero-order valence-corrected chi connectivity index (χ0v) is 13.3. The van der Waals surface area contributed by atoms with Crippen LogP contribution in [-0.2, 0) is 16.0 Å². The number of aromatic amines is 1. The molecule has 0 fully saturated rings. The first-order valence-electron chi connectivity index (χ1n) is 6.93. The van der Waals surface area contributed by atoms with Gasteiger partial charge in [-0.05, 0) is 24.6 Å². The number of nitrogens with zero attached hydrogens (tertiary/aromatic N) is 2. The van der Waals surface area contributed by atoms with E-state index in [2.05, 4.69) is 14.8 Å². The number of hydrogen-bond acceptors (Lipinski definition) is 4. The van der Waals surface area contributed by atoms with Gasteiger partial charge in [0.05, 0.1) is 19.2 Å². The molecule has 0 atom stereocenters. The van der Waals surface area contributed by atoms with Gasteiger partial charge in [0.15, 0.2) is 5.65 Å². The summed E-state index contributed by atoms with van der Waals surface area (Å²) in [7, 11) is 1.30. The van der Waals surface area contributed by atoms with Gasteiger partial charge in [0, 0.05) is 22.3 Å². The summed E-state index contributed by atoms with van der Waals surface area (Å²) >= 11 is 5.92. The van der Waals surface area contributed by atoms with Crippen molar-refractivity contribution in [3.63, 3.8) is 0 Å². The van der Waals surface area contributed by atoms with Crippen LogP contribution in [0.25, 0.3) is 16.8 Å². The van der Waals surface area contributed by atoms with Gasteiger partial charge in [0.1, 0.15) is 0 Å². The van der Waals surface area contributed by atoms with Crippen molar-refractivity contribution in [1.29, 1.82) is 0 Å². The SMILES string of the molecule is COC(=O)Cc1cc(=O)n2[nH]c(C)c(-c3ccc(Cl)cc3)c2n1. The van der Waals surface area contributed by atoms with E-state index in [1.165, 1.54) is 17.7 Å². The van der Waals surface area contributed by atoms with Gasteiger partial charge in [-0.1, -0.05) is 23.7 Å². The largest absolute Gasteiger partial charge is 0.469 e. The molecule has 1 aromatic carbocycles. The molecule has 6 nitrogen and oxygen atoms in total. The molecule has 0 aliphatic rings. The van der Waals surface area contributed by atoms with Crippen LogP contribution in [0.1, 0.15) is 11.4 Å². The molecular formula is C16H14ClN3O3. The Morgan fingerprint density at radius 3 is 2.70 bits per heavy atom. The number of carbonyl (C=O) groups excluding carboxylic acids is 1. The van der Waals surface area contributed by atoms with Crippen molar-refractivity contribution in [2.75, 3.05) is 7.11 Å². The standard InChI is InChI=1S/C16H14ClN3O3/c1-9-15(10-3-5-11(17)6-4-10)16-18-12(8-14(22)23-2)7-13(21)20(16)19-9/h3-7,19H,8H2,1-2H3.